The molecule has 0 bridgehead atoms. The van der Waals surface area contributed by atoms with Gasteiger partial charge in [0.1, 0.15) is 0 Å². The first-order valence-corrected chi connectivity index (χ1v) is 4.27. The Kier molecular flexibility index (Phi) is 3.65. The highest BCUT2D eigenvalue weighted by molar-refractivity contribution is 5.90. The Labute approximate surface area is 93.7 Å². The second-order valence-corrected chi connectivity index (χ2v) is 2.96. The molecule has 7 heteroatoms. The lowest BCUT2D eigenvalue weighted by atomic mass is 10.1. The van der Waals surface area contributed by atoms with Gasteiger partial charge >= 0.3 is 12.1 Å². The summed E-state index contributed by atoms with van der Waals surface area (Å²) in [5.41, 5.74) is -1.74. The van der Waals surface area contributed by atoms with Gasteiger partial charge in [-0.25, -0.2) is 9.59 Å². The van der Waals surface area contributed by atoms with Crippen LogP contribution >= 0.6 is 0 Å². The first-order chi connectivity index (χ1) is 7.88. The lowest BCUT2D eigenvalue weighted by molar-refractivity contribution is -0.137. The minimum Gasteiger partial charge on any atom is -0.465 e. The van der Waals surface area contributed by atoms with Crippen molar-refractivity contribution in [2.75, 3.05) is 7.11 Å². The molecule has 1 aromatic rings. The molecule has 0 heterocycles. The van der Waals surface area contributed by atoms with E-state index in [0.717, 1.165) is 19.3 Å². The van der Waals surface area contributed by atoms with Crippen LogP contribution in [0.5, 0.6) is 0 Å². The molecule has 0 atom stereocenters. The molecule has 1 rings (SSSR count). The van der Waals surface area contributed by atoms with Crippen molar-refractivity contribution in [3.05, 3.63) is 29.3 Å². The average molecular weight is 245 g/mol. The number of ether oxygens (including phenoxy) is 1. The molecule has 0 fully saturated rings. The Morgan fingerprint density at radius 2 is 2.00 bits per heavy atom. The zero-order valence-corrected chi connectivity index (χ0v) is 8.54. The second kappa shape index (κ2) is 4.80. The van der Waals surface area contributed by atoms with E-state index in [0.29, 0.717) is 12.1 Å². The third-order valence-electron chi connectivity index (χ3n) is 1.84. The topological polar surface area (TPSA) is 55.7 Å². The standard InChI is InChI=1S/C10H6F3NO3/c1-17-9(16)6-2-7(10(11,12)13)4-8(3-6)14-5-15/h2-4H,1H3. The molecule has 0 aliphatic rings. The number of methoxy groups -OCH3 is 1. The van der Waals surface area contributed by atoms with Gasteiger partial charge in [0.2, 0.25) is 6.08 Å². The summed E-state index contributed by atoms with van der Waals surface area (Å²) in [5, 5.41) is 0. The Hall–Kier alpha value is -2.14. The minimum absolute atomic E-state index is 0.310. The van der Waals surface area contributed by atoms with E-state index in [9.17, 15) is 22.8 Å². The lowest BCUT2D eigenvalue weighted by Crippen LogP contribution is -2.08. The van der Waals surface area contributed by atoms with Gasteiger partial charge in [-0.05, 0) is 18.2 Å². The Balaban J connectivity index is 3.38. The summed E-state index contributed by atoms with van der Waals surface area (Å²) in [4.78, 5) is 24.2. The van der Waals surface area contributed by atoms with Crippen LogP contribution in [0.25, 0.3) is 0 Å². The quantitative estimate of drug-likeness (QED) is 0.457. The molecule has 0 aromatic heterocycles. The zero-order valence-electron chi connectivity index (χ0n) is 8.54. The Morgan fingerprint density at radius 1 is 1.35 bits per heavy atom. The molecule has 0 aliphatic heterocycles. The van der Waals surface area contributed by atoms with Crippen LogP contribution < -0.4 is 0 Å². The van der Waals surface area contributed by atoms with E-state index in [4.69, 9.17) is 0 Å². The van der Waals surface area contributed by atoms with Gasteiger partial charge in [0, 0.05) is 0 Å². The molecule has 0 saturated heterocycles. The average Bonchev–Trinajstić information content (AvgIpc) is 2.27. The lowest BCUT2D eigenvalue weighted by Gasteiger charge is -2.08. The maximum Gasteiger partial charge on any atom is 0.416 e. The summed E-state index contributed by atoms with van der Waals surface area (Å²) in [7, 11) is 1.03. The number of carbonyl (C=O) groups excluding carboxylic acids is 2. The maximum atomic E-state index is 12.5. The predicted octanol–water partition coefficient (Wildman–Crippen LogP) is 2.46. The highest BCUT2D eigenvalue weighted by Crippen LogP contribution is 2.32. The first kappa shape index (κ1) is 12.9. The van der Waals surface area contributed by atoms with E-state index in [2.05, 4.69) is 9.73 Å². The van der Waals surface area contributed by atoms with E-state index in [1.54, 1.807) is 0 Å². The van der Waals surface area contributed by atoms with E-state index < -0.39 is 17.7 Å². The fourth-order valence-electron chi connectivity index (χ4n) is 1.13. The number of alkyl halides is 3. The molecular formula is C10H6F3NO3. The second-order valence-electron chi connectivity index (χ2n) is 2.96. The molecule has 0 aliphatic carbocycles. The summed E-state index contributed by atoms with van der Waals surface area (Å²) in [5.74, 6) is -0.946. The SMILES string of the molecule is COC(=O)c1cc(N=C=O)cc(C(F)(F)F)c1. The number of rotatable bonds is 2. The van der Waals surface area contributed by atoms with E-state index >= 15 is 0 Å². The number of esters is 1. The van der Waals surface area contributed by atoms with Crippen molar-refractivity contribution in [2.45, 2.75) is 6.18 Å². The van der Waals surface area contributed by atoms with E-state index in [1.165, 1.54) is 0 Å². The van der Waals surface area contributed by atoms with Crippen LogP contribution in [0.1, 0.15) is 15.9 Å². The summed E-state index contributed by atoms with van der Waals surface area (Å²) in [6, 6.07) is 2.26. The van der Waals surface area contributed by atoms with Gasteiger partial charge in [-0.3, -0.25) is 0 Å². The van der Waals surface area contributed by atoms with Crippen molar-refractivity contribution in [1.82, 2.24) is 0 Å². The summed E-state index contributed by atoms with van der Waals surface area (Å²) in [6.45, 7) is 0. The molecule has 0 saturated carbocycles. The van der Waals surface area contributed by atoms with E-state index in [-0.39, 0.29) is 11.3 Å². The van der Waals surface area contributed by atoms with Gasteiger partial charge in [-0.2, -0.15) is 18.2 Å². The molecule has 4 nitrogen and oxygen atoms in total. The number of isocyanates is 1. The largest absolute Gasteiger partial charge is 0.465 e. The molecule has 0 unspecified atom stereocenters. The van der Waals surface area contributed by atoms with Gasteiger partial charge in [0.15, 0.2) is 0 Å². The van der Waals surface area contributed by atoms with Crippen molar-refractivity contribution in [3.63, 3.8) is 0 Å². The van der Waals surface area contributed by atoms with E-state index in [1.807, 2.05) is 0 Å². The first-order valence-electron chi connectivity index (χ1n) is 4.27. The predicted molar refractivity (Wildman–Crippen MR) is 50.6 cm³/mol. The molecule has 0 amide bonds. The summed E-state index contributed by atoms with van der Waals surface area (Å²) < 4.78 is 41.7. The fraction of sp³-hybridized carbons (Fsp3) is 0.200. The van der Waals surface area contributed by atoms with Crippen molar-refractivity contribution >= 4 is 17.7 Å². The van der Waals surface area contributed by atoms with Gasteiger partial charge in [0.05, 0.1) is 23.9 Å². The smallest absolute Gasteiger partial charge is 0.416 e. The zero-order chi connectivity index (χ0) is 13.1. The van der Waals surface area contributed by atoms with Gasteiger partial charge < -0.3 is 4.74 Å². The molecule has 0 radical (unpaired) electrons. The normalized spacial score (nSPS) is 10.6. The third-order valence-corrected chi connectivity index (χ3v) is 1.84. The summed E-state index contributed by atoms with van der Waals surface area (Å²) >= 11 is 0. The monoisotopic (exact) mass is 245 g/mol. The van der Waals surface area contributed by atoms with Crippen LogP contribution in [0.15, 0.2) is 23.2 Å². The van der Waals surface area contributed by atoms with Crippen LogP contribution in [-0.2, 0) is 15.7 Å². The molecule has 0 spiro atoms. The van der Waals surface area contributed by atoms with Crippen LogP contribution in [0.3, 0.4) is 0 Å². The highest BCUT2D eigenvalue weighted by Gasteiger charge is 2.32. The number of hydrogen-bond donors (Lipinski definition) is 0. The summed E-state index contributed by atoms with van der Waals surface area (Å²) in [6.07, 6.45) is -3.54. The van der Waals surface area contributed by atoms with Crippen LogP contribution in [-0.4, -0.2) is 19.2 Å². The third kappa shape index (κ3) is 3.15. The Morgan fingerprint density at radius 3 is 2.47 bits per heavy atom. The van der Waals surface area contributed by atoms with Crippen LogP contribution in [0.2, 0.25) is 0 Å². The highest BCUT2D eigenvalue weighted by atomic mass is 19.4. The van der Waals surface area contributed by atoms with Gasteiger partial charge in [-0.15, -0.1) is 0 Å². The number of nitrogens with zero attached hydrogens (tertiary/aromatic N) is 1. The van der Waals surface area contributed by atoms with Gasteiger partial charge in [0.25, 0.3) is 0 Å². The molecule has 0 N–H and O–H groups in total. The van der Waals surface area contributed by atoms with Crippen LogP contribution in [0, 0.1) is 0 Å². The Bertz CT molecular complexity index is 490. The number of aliphatic imine (C=N–C) groups is 1. The van der Waals surface area contributed by atoms with Gasteiger partial charge in [-0.1, -0.05) is 0 Å². The van der Waals surface area contributed by atoms with Crippen molar-refractivity contribution in [3.8, 4) is 0 Å². The maximum absolute atomic E-state index is 12.5. The number of carbonyl (C=O) groups is 1. The fourth-order valence-corrected chi connectivity index (χ4v) is 1.13. The molecule has 17 heavy (non-hydrogen) atoms. The number of hydrogen-bond acceptors (Lipinski definition) is 4. The molecule has 1 aromatic carbocycles. The van der Waals surface area contributed by atoms with Crippen molar-refractivity contribution < 1.29 is 27.5 Å². The van der Waals surface area contributed by atoms with Crippen molar-refractivity contribution in [1.29, 1.82) is 0 Å². The van der Waals surface area contributed by atoms with Crippen molar-refractivity contribution in [2.24, 2.45) is 4.99 Å². The minimum atomic E-state index is -4.64. The van der Waals surface area contributed by atoms with Crippen LogP contribution in [0.4, 0.5) is 18.9 Å². The molecular weight excluding hydrogens is 239 g/mol. The molecule has 90 valence electrons. The number of halogens is 3. The number of benzene rings is 1.